The van der Waals surface area contributed by atoms with E-state index in [1.807, 2.05) is 19.1 Å². The molecule has 7 atom stereocenters. The number of hydrogen-bond acceptors (Lipinski definition) is 11. The molecule has 58 heavy (non-hydrogen) atoms. The molecule has 0 spiro atoms. The topological polar surface area (TPSA) is 204 Å². The molecule has 1 aromatic carbocycles. The van der Waals surface area contributed by atoms with E-state index in [9.17, 15) is 32.4 Å². The monoisotopic (exact) mass is 822 g/mol. The van der Waals surface area contributed by atoms with Crippen molar-refractivity contribution in [3.8, 4) is 11.8 Å². The largest absolute Gasteiger partial charge is 0.496 e. The Balaban J connectivity index is 1.16. The quantitative estimate of drug-likeness (QED) is 0.329. The summed E-state index contributed by atoms with van der Waals surface area (Å²) in [4.78, 5) is 77.0. The van der Waals surface area contributed by atoms with Crippen molar-refractivity contribution in [2.75, 3.05) is 13.7 Å². The van der Waals surface area contributed by atoms with Crippen molar-refractivity contribution in [3.05, 3.63) is 40.7 Å². The highest BCUT2D eigenvalue weighted by Gasteiger charge is 2.62. The van der Waals surface area contributed by atoms with E-state index < -0.39 is 62.8 Å². The number of benzene rings is 1. The van der Waals surface area contributed by atoms with Crippen LogP contribution in [0, 0.1) is 17.8 Å². The molecule has 4 saturated carbocycles. The molecular formula is C41H54N6O10S. The second-order valence-electron chi connectivity index (χ2n) is 16.9. The molecule has 0 radical (unpaired) electrons. The maximum absolute atomic E-state index is 14.9. The molecule has 8 rings (SSSR count). The molecular weight excluding hydrogens is 769 g/mol. The van der Waals surface area contributed by atoms with Crippen molar-refractivity contribution in [2.45, 2.75) is 138 Å². The van der Waals surface area contributed by atoms with Gasteiger partial charge in [0.2, 0.25) is 21.8 Å². The number of methoxy groups -OCH3 is 1. The lowest BCUT2D eigenvalue weighted by molar-refractivity contribution is -0.142. The van der Waals surface area contributed by atoms with E-state index in [1.165, 1.54) is 16.6 Å². The minimum atomic E-state index is -3.89. The molecule has 5 fully saturated rings. The summed E-state index contributed by atoms with van der Waals surface area (Å²) in [5.74, 6) is -1.91. The highest BCUT2D eigenvalue weighted by atomic mass is 32.2. The van der Waals surface area contributed by atoms with Gasteiger partial charge in [-0.25, -0.2) is 13.2 Å². The van der Waals surface area contributed by atoms with Gasteiger partial charge in [-0.3, -0.25) is 28.5 Å². The number of ether oxygens (including phenoxy) is 3. The normalized spacial score (nSPS) is 31.2. The number of nitrogens with zero attached hydrogens (tertiary/aromatic N) is 3. The van der Waals surface area contributed by atoms with Gasteiger partial charge in [-0.2, -0.15) is 4.98 Å². The number of amides is 4. The number of nitrogens with one attached hydrogen (secondary N) is 3. The third-order valence-corrected chi connectivity index (χ3v) is 15.0. The first-order chi connectivity index (χ1) is 27.9. The van der Waals surface area contributed by atoms with Crippen molar-refractivity contribution in [3.63, 3.8) is 0 Å². The van der Waals surface area contributed by atoms with Crippen molar-refractivity contribution in [1.29, 1.82) is 0 Å². The van der Waals surface area contributed by atoms with Gasteiger partial charge in [-0.1, -0.05) is 44.4 Å². The summed E-state index contributed by atoms with van der Waals surface area (Å²) in [7, 11) is -2.41. The standard InChI is InChI=1S/C41H54N6O10S/c1-3-26-22-41(26,38(51)45-58(53,54)28-18-19-28)44-35(48)30-21-27-23-47(30)37(50)34(25-12-6-7-13-25)43-40(52)57-31-16-9-14-24(31)11-5-4-8-20-46-36(49)33-29(42-39(46)56-27)15-10-17-32(33)55-2/h4,8,10,15,17,24-28,30-31,34H,3,5-7,9,11-14,16,18-23H2,1-2H3,(H,43,52)(H,44,48)(H,45,51)/b8-4+/t24-,26-,27-,30+,31-,34+,41-/m1/s1. The molecule has 2 bridgehead atoms. The molecule has 4 aliphatic carbocycles. The van der Waals surface area contributed by atoms with Gasteiger partial charge in [-0.05, 0) is 94.1 Å². The van der Waals surface area contributed by atoms with Crippen molar-refractivity contribution >= 4 is 44.7 Å². The maximum atomic E-state index is 14.9. The number of aromatic nitrogens is 2. The number of alkyl carbamates (subject to hydrolysis) is 1. The zero-order valence-corrected chi connectivity index (χ0v) is 34.0. The molecule has 1 aromatic heterocycles. The summed E-state index contributed by atoms with van der Waals surface area (Å²) in [6.45, 7) is 1.91. The van der Waals surface area contributed by atoms with E-state index in [2.05, 4.69) is 15.4 Å². The fourth-order valence-corrected chi connectivity index (χ4v) is 11.1. The summed E-state index contributed by atoms with van der Waals surface area (Å²) in [5, 5.41) is 5.46. The van der Waals surface area contributed by atoms with E-state index in [0.29, 0.717) is 49.8 Å². The van der Waals surface area contributed by atoms with E-state index in [-0.39, 0.29) is 66.7 Å². The maximum Gasteiger partial charge on any atom is 0.408 e. The number of rotatable bonds is 8. The molecule has 0 unspecified atom stereocenters. The molecule has 2 aliphatic heterocycles. The Morgan fingerprint density at radius 1 is 1.00 bits per heavy atom. The Bertz CT molecular complexity index is 2150. The predicted octanol–water partition coefficient (Wildman–Crippen LogP) is 3.45. The first-order valence-corrected chi connectivity index (χ1v) is 22.5. The number of hydrogen-bond donors (Lipinski definition) is 3. The van der Waals surface area contributed by atoms with Gasteiger partial charge < -0.3 is 29.7 Å². The number of fused-ring (bicyclic) bond motifs is 5. The molecule has 17 heteroatoms. The first kappa shape index (κ1) is 40.1. The van der Waals surface area contributed by atoms with Crippen LogP contribution in [0.5, 0.6) is 11.8 Å². The summed E-state index contributed by atoms with van der Waals surface area (Å²) in [5.41, 5.74) is -1.49. The summed E-state index contributed by atoms with van der Waals surface area (Å²) in [6.07, 6.45) is 10.9. The minimum absolute atomic E-state index is 0.00856. The van der Waals surface area contributed by atoms with E-state index >= 15 is 0 Å². The number of carbonyl (C=O) groups is 4. The van der Waals surface area contributed by atoms with Crippen LogP contribution in [0.2, 0.25) is 0 Å². The molecule has 2 aromatic rings. The number of carbonyl (C=O) groups excluding carboxylic acids is 4. The van der Waals surface area contributed by atoms with E-state index in [1.54, 1.807) is 18.2 Å². The van der Waals surface area contributed by atoms with E-state index in [4.69, 9.17) is 19.2 Å². The summed E-state index contributed by atoms with van der Waals surface area (Å²) >= 11 is 0. The first-order valence-electron chi connectivity index (χ1n) is 21.0. The van der Waals surface area contributed by atoms with Crippen LogP contribution in [0.25, 0.3) is 10.9 Å². The molecule has 3 N–H and O–H groups in total. The molecule has 16 nitrogen and oxygen atoms in total. The van der Waals surface area contributed by atoms with Crippen LogP contribution in [0.3, 0.4) is 0 Å². The van der Waals surface area contributed by atoms with Gasteiger partial charge in [-0.15, -0.1) is 0 Å². The van der Waals surface area contributed by atoms with E-state index in [0.717, 1.165) is 38.5 Å². The Labute approximate surface area is 337 Å². The minimum Gasteiger partial charge on any atom is -0.496 e. The number of sulfonamides is 1. The molecule has 1 saturated heterocycles. The van der Waals surface area contributed by atoms with Crippen LogP contribution in [0.15, 0.2) is 35.1 Å². The van der Waals surface area contributed by atoms with Gasteiger partial charge in [0.05, 0.1) is 24.4 Å². The average Bonchev–Trinajstić information content (AvgIpc) is 3.99. The van der Waals surface area contributed by atoms with Crippen molar-refractivity contribution in [2.24, 2.45) is 17.8 Å². The fraction of sp³-hybridized carbons (Fsp3) is 0.659. The number of allylic oxidation sites excluding steroid dienone is 2. The highest BCUT2D eigenvalue weighted by molar-refractivity contribution is 7.91. The summed E-state index contributed by atoms with van der Waals surface area (Å²) in [6, 6.07) is 2.96. The SMILES string of the molecule is CC[C@@H]1C[C@]1(NC(=O)[C@@H]1C[C@@H]2CN1C(=O)[C@H](C1CCCC1)NC(=O)O[C@@H]1CCC[C@H]1CC/C=C/Cn1c(nc3cccc(OC)c3c1=O)O2)C(=O)NS(=O)(=O)C1CC1. The van der Waals surface area contributed by atoms with Crippen LogP contribution in [-0.4, -0.2) is 95.4 Å². The Morgan fingerprint density at radius 3 is 2.50 bits per heavy atom. The smallest absolute Gasteiger partial charge is 0.408 e. The third kappa shape index (κ3) is 7.90. The second kappa shape index (κ2) is 16.2. The van der Waals surface area contributed by atoms with Gasteiger partial charge in [0.25, 0.3) is 17.5 Å². The van der Waals surface area contributed by atoms with Crippen LogP contribution >= 0.6 is 0 Å². The molecule has 314 valence electrons. The zero-order valence-electron chi connectivity index (χ0n) is 33.2. The average molecular weight is 823 g/mol. The Hall–Kier alpha value is -4.67. The van der Waals surface area contributed by atoms with Crippen LogP contribution in [-0.2, 0) is 35.7 Å². The van der Waals surface area contributed by atoms with Crippen LogP contribution in [0.4, 0.5) is 4.79 Å². The lowest BCUT2D eigenvalue weighted by Gasteiger charge is -2.32. The van der Waals surface area contributed by atoms with Crippen molar-refractivity contribution < 1.29 is 41.8 Å². The fourth-order valence-electron chi connectivity index (χ4n) is 9.70. The lowest BCUT2D eigenvalue weighted by Crippen LogP contribution is -2.59. The second-order valence-corrected chi connectivity index (χ2v) is 18.9. The van der Waals surface area contributed by atoms with Gasteiger partial charge in [0.15, 0.2) is 0 Å². The van der Waals surface area contributed by atoms with Crippen molar-refractivity contribution in [1.82, 2.24) is 29.8 Å². The molecule has 4 amide bonds. The predicted molar refractivity (Wildman–Crippen MR) is 211 cm³/mol. The molecule has 6 aliphatic rings. The third-order valence-electron chi connectivity index (χ3n) is 13.2. The lowest BCUT2D eigenvalue weighted by atomic mass is 9.96. The van der Waals surface area contributed by atoms with Gasteiger partial charge in [0.1, 0.15) is 41.0 Å². The Kier molecular flexibility index (Phi) is 11.2. The Morgan fingerprint density at radius 2 is 1.78 bits per heavy atom. The highest BCUT2D eigenvalue weighted by Crippen LogP contribution is 2.47. The molecule has 3 heterocycles. The van der Waals surface area contributed by atoms with Crippen LogP contribution < -0.4 is 30.4 Å². The van der Waals surface area contributed by atoms with Gasteiger partial charge in [0, 0.05) is 13.0 Å². The van der Waals surface area contributed by atoms with Crippen LogP contribution in [0.1, 0.15) is 96.8 Å². The zero-order chi connectivity index (χ0) is 40.8. The summed E-state index contributed by atoms with van der Waals surface area (Å²) < 4.78 is 47.4. The van der Waals surface area contributed by atoms with Gasteiger partial charge >= 0.3 is 6.09 Å².